The molecule has 0 aromatic carbocycles. The Morgan fingerprint density at radius 1 is 1.56 bits per heavy atom. The number of β-amino-alcohol motifs (C(OH)–C–C–N with tert-alkyl or cyclic N) is 1. The highest BCUT2D eigenvalue weighted by molar-refractivity contribution is 5.76. The number of aliphatic hydroxyl groups is 1. The first-order valence-electron chi connectivity index (χ1n) is 5.98. The molecule has 1 rings (SSSR count). The number of nitrogens with zero attached hydrogens (tertiary/aromatic N) is 2. The number of carbonyl (C=O) groups is 1. The minimum Gasteiger partial charge on any atom is -0.392 e. The van der Waals surface area contributed by atoms with Gasteiger partial charge in [-0.3, -0.25) is 9.69 Å². The molecule has 0 saturated carbocycles. The molecule has 3 atom stereocenters. The fraction of sp³-hybridized carbons (Fsp3) is 0.917. The number of likely N-dealkylation sites (tertiary alicyclic amines) is 1. The third-order valence-corrected chi connectivity index (χ3v) is 3.16. The number of aliphatic hydroxyl groups excluding tert-OH is 1. The first kappa shape index (κ1) is 13.6. The Hall–Kier alpha value is -0.450. The first-order chi connectivity index (χ1) is 7.40. The molecule has 0 aliphatic carbocycles. The van der Waals surface area contributed by atoms with Crippen LogP contribution in [0.25, 0.3) is 0 Å². The Kier molecular flexibility index (Phi) is 4.89. The Morgan fingerprint density at radius 3 is 2.69 bits per heavy atom. The lowest BCUT2D eigenvalue weighted by atomic mass is 10.1. The maximum Gasteiger partial charge on any atom is 0.131 e. The van der Waals surface area contributed by atoms with E-state index < -0.39 is 0 Å². The normalized spacial score (nSPS) is 28.6. The predicted molar refractivity (Wildman–Crippen MR) is 64.4 cm³/mol. The van der Waals surface area contributed by atoms with E-state index in [-0.39, 0.29) is 17.9 Å². The highest BCUT2D eigenvalue weighted by atomic mass is 16.3. The zero-order valence-electron chi connectivity index (χ0n) is 10.8. The van der Waals surface area contributed by atoms with E-state index in [1.165, 1.54) is 0 Å². The Morgan fingerprint density at radius 2 is 2.19 bits per heavy atom. The molecule has 1 aliphatic rings. The summed E-state index contributed by atoms with van der Waals surface area (Å²) in [7, 11) is 4.08. The summed E-state index contributed by atoms with van der Waals surface area (Å²) in [5.41, 5.74) is 0. The molecule has 0 amide bonds. The third-order valence-electron chi connectivity index (χ3n) is 3.16. The summed E-state index contributed by atoms with van der Waals surface area (Å²) >= 11 is 0. The topological polar surface area (TPSA) is 43.8 Å². The van der Waals surface area contributed by atoms with Gasteiger partial charge in [0, 0.05) is 31.6 Å². The predicted octanol–water partition coefficient (Wildman–Crippen LogP) is 0.351. The molecule has 1 heterocycles. The van der Waals surface area contributed by atoms with Crippen molar-refractivity contribution in [2.24, 2.45) is 0 Å². The SMILES string of the molecule is CC(=O)CC(C)N1CC(O)CC1CN(C)C. The highest BCUT2D eigenvalue weighted by Crippen LogP contribution is 2.22. The largest absolute Gasteiger partial charge is 0.392 e. The van der Waals surface area contributed by atoms with E-state index in [9.17, 15) is 9.90 Å². The zero-order chi connectivity index (χ0) is 12.3. The van der Waals surface area contributed by atoms with Crippen molar-refractivity contribution in [1.82, 2.24) is 9.80 Å². The fourth-order valence-electron chi connectivity index (χ4n) is 2.59. The van der Waals surface area contributed by atoms with Crippen LogP contribution < -0.4 is 0 Å². The molecule has 0 radical (unpaired) electrons. The number of carbonyl (C=O) groups excluding carboxylic acids is 1. The van der Waals surface area contributed by atoms with Crippen LogP contribution in [0.5, 0.6) is 0 Å². The number of hydrogen-bond donors (Lipinski definition) is 1. The van der Waals surface area contributed by atoms with Crippen molar-refractivity contribution in [3.05, 3.63) is 0 Å². The average Bonchev–Trinajstić information content (AvgIpc) is 2.44. The van der Waals surface area contributed by atoms with Crippen LogP contribution in [0.2, 0.25) is 0 Å². The standard InChI is InChI=1S/C12H24N2O2/c1-9(5-10(2)15)14-8-12(16)6-11(14)7-13(3)4/h9,11-12,16H,5-8H2,1-4H3. The molecule has 4 heteroatoms. The van der Waals surface area contributed by atoms with Crippen molar-refractivity contribution >= 4 is 5.78 Å². The molecule has 1 N–H and O–H groups in total. The second kappa shape index (κ2) is 5.75. The quantitative estimate of drug-likeness (QED) is 0.737. The number of ketones is 1. The number of rotatable bonds is 5. The molecule has 0 bridgehead atoms. The summed E-state index contributed by atoms with van der Waals surface area (Å²) in [6.45, 7) is 5.35. The molecular weight excluding hydrogens is 204 g/mol. The molecule has 0 spiro atoms. The van der Waals surface area contributed by atoms with Crippen LogP contribution in [0, 0.1) is 0 Å². The van der Waals surface area contributed by atoms with Crippen molar-refractivity contribution in [3.8, 4) is 0 Å². The van der Waals surface area contributed by atoms with Gasteiger partial charge in [-0.05, 0) is 34.4 Å². The van der Waals surface area contributed by atoms with Gasteiger partial charge in [0.1, 0.15) is 5.78 Å². The molecular formula is C12H24N2O2. The molecule has 16 heavy (non-hydrogen) atoms. The van der Waals surface area contributed by atoms with Gasteiger partial charge < -0.3 is 10.0 Å². The zero-order valence-corrected chi connectivity index (χ0v) is 10.8. The van der Waals surface area contributed by atoms with E-state index in [0.717, 1.165) is 13.0 Å². The second-order valence-corrected chi connectivity index (χ2v) is 5.26. The highest BCUT2D eigenvalue weighted by Gasteiger charge is 2.34. The van der Waals surface area contributed by atoms with Gasteiger partial charge in [0.25, 0.3) is 0 Å². The second-order valence-electron chi connectivity index (χ2n) is 5.26. The van der Waals surface area contributed by atoms with Gasteiger partial charge >= 0.3 is 0 Å². The maximum atomic E-state index is 11.1. The average molecular weight is 228 g/mol. The molecule has 0 aromatic rings. The van der Waals surface area contributed by atoms with Gasteiger partial charge in [-0.1, -0.05) is 0 Å². The molecule has 1 fully saturated rings. The first-order valence-corrected chi connectivity index (χ1v) is 5.98. The van der Waals surface area contributed by atoms with E-state index in [0.29, 0.717) is 19.0 Å². The maximum absolute atomic E-state index is 11.1. The third kappa shape index (κ3) is 3.85. The summed E-state index contributed by atoms with van der Waals surface area (Å²) in [5.74, 6) is 0.220. The van der Waals surface area contributed by atoms with Crippen molar-refractivity contribution in [2.75, 3.05) is 27.2 Å². The summed E-state index contributed by atoms with van der Waals surface area (Å²) in [4.78, 5) is 15.5. The van der Waals surface area contributed by atoms with Crippen molar-refractivity contribution in [2.45, 2.75) is 44.9 Å². The van der Waals surface area contributed by atoms with Crippen LogP contribution in [0.4, 0.5) is 0 Å². The van der Waals surface area contributed by atoms with Gasteiger partial charge in [-0.2, -0.15) is 0 Å². The number of likely N-dealkylation sites (N-methyl/N-ethyl adjacent to an activating group) is 1. The summed E-state index contributed by atoms with van der Waals surface area (Å²) < 4.78 is 0. The number of Topliss-reactive ketones (excluding diaryl/α,β-unsaturated/α-hetero) is 1. The van der Waals surface area contributed by atoms with Crippen molar-refractivity contribution < 1.29 is 9.90 Å². The summed E-state index contributed by atoms with van der Waals surface area (Å²) in [6, 6.07) is 0.610. The summed E-state index contributed by atoms with van der Waals surface area (Å²) in [6.07, 6.45) is 1.16. The molecule has 94 valence electrons. The molecule has 1 aliphatic heterocycles. The van der Waals surface area contributed by atoms with E-state index in [2.05, 4.69) is 16.7 Å². The van der Waals surface area contributed by atoms with Crippen LogP contribution in [0.1, 0.15) is 26.7 Å². The van der Waals surface area contributed by atoms with Crippen LogP contribution in [0.15, 0.2) is 0 Å². The minimum absolute atomic E-state index is 0.220. The van der Waals surface area contributed by atoms with E-state index >= 15 is 0 Å². The van der Waals surface area contributed by atoms with Crippen molar-refractivity contribution in [3.63, 3.8) is 0 Å². The Bertz CT molecular complexity index is 243. The van der Waals surface area contributed by atoms with Crippen LogP contribution in [-0.4, -0.2) is 66.1 Å². The van der Waals surface area contributed by atoms with Crippen LogP contribution in [0.3, 0.4) is 0 Å². The van der Waals surface area contributed by atoms with Gasteiger partial charge in [-0.15, -0.1) is 0 Å². The Labute approximate surface area is 98.2 Å². The lowest BCUT2D eigenvalue weighted by Gasteiger charge is -2.31. The monoisotopic (exact) mass is 228 g/mol. The lowest BCUT2D eigenvalue weighted by Crippen LogP contribution is -2.43. The van der Waals surface area contributed by atoms with Gasteiger partial charge in [-0.25, -0.2) is 0 Å². The van der Waals surface area contributed by atoms with Crippen LogP contribution in [-0.2, 0) is 4.79 Å². The fourth-order valence-corrected chi connectivity index (χ4v) is 2.59. The van der Waals surface area contributed by atoms with E-state index in [1.54, 1.807) is 6.92 Å². The van der Waals surface area contributed by atoms with Crippen LogP contribution >= 0.6 is 0 Å². The molecule has 3 unspecified atom stereocenters. The molecule has 1 saturated heterocycles. The number of hydrogen-bond acceptors (Lipinski definition) is 4. The lowest BCUT2D eigenvalue weighted by molar-refractivity contribution is -0.118. The van der Waals surface area contributed by atoms with Gasteiger partial charge in [0.2, 0.25) is 0 Å². The van der Waals surface area contributed by atoms with E-state index in [1.807, 2.05) is 14.1 Å². The summed E-state index contributed by atoms with van der Waals surface area (Å²) in [5, 5.41) is 9.72. The van der Waals surface area contributed by atoms with E-state index in [4.69, 9.17) is 0 Å². The minimum atomic E-state index is -0.237. The smallest absolute Gasteiger partial charge is 0.131 e. The van der Waals surface area contributed by atoms with Gasteiger partial charge in [0.05, 0.1) is 6.10 Å². The Balaban J connectivity index is 2.57. The van der Waals surface area contributed by atoms with Gasteiger partial charge in [0.15, 0.2) is 0 Å². The molecule has 0 aromatic heterocycles. The van der Waals surface area contributed by atoms with Crippen molar-refractivity contribution in [1.29, 1.82) is 0 Å². The molecule has 4 nitrogen and oxygen atoms in total.